The number of halogens is 1. The number of carbonyl (C=O) groups is 1. The molecule has 1 unspecified atom stereocenters. The maximum absolute atomic E-state index is 13.3. The normalized spacial score (nSPS) is 21.2. The van der Waals surface area contributed by atoms with E-state index in [2.05, 4.69) is 0 Å². The number of methoxy groups -OCH3 is 1. The highest BCUT2D eigenvalue weighted by atomic mass is 35.5. The fourth-order valence-electron chi connectivity index (χ4n) is 4.67. The van der Waals surface area contributed by atoms with Gasteiger partial charge in [-0.15, -0.1) is 0 Å². The van der Waals surface area contributed by atoms with Crippen LogP contribution in [-0.4, -0.2) is 84.3 Å². The number of sulfone groups is 1. The van der Waals surface area contributed by atoms with Crippen molar-refractivity contribution in [3.8, 4) is 11.6 Å². The zero-order valence-corrected chi connectivity index (χ0v) is 21.5. The van der Waals surface area contributed by atoms with Crippen molar-refractivity contribution in [3.05, 3.63) is 34.9 Å². The van der Waals surface area contributed by atoms with Gasteiger partial charge in [0.25, 0.3) is 0 Å². The number of aromatic nitrogens is 1. The molecule has 1 aromatic heterocycles. The fraction of sp³-hybridized carbons (Fsp3) is 0.500. The maximum Gasteiger partial charge on any atom is 0.337 e. The Morgan fingerprint density at radius 3 is 2.58 bits per heavy atom. The smallest absolute Gasteiger partial charge is 0.337 e. The molecule has 4 heterocycles. The predicted octanol–water partition coefficient (Wildman–Crippen LogP) is 2.92. The summed E-state index contributed by atoms with van der Waals surface area (Å²) in [5.41, 5.74) is 0.711. The average Bonchev–Trinajstić information content (AvgIpc) is 3.40. The van der Waals surface area contributed by atoms with Crippen LogP contribution in [0.2, 0.25) is 5.02 Å². The first-order chi connectivity index (χ1) is 17.4. The number of fused-ring (bicyclic) bond motifs is 1. The van der Waals surface area contributed by atoms with Gasteiger partial charge in [-0.1, -0.05) is 11.6 Å². The van der Waals surface area contributed by atoms with Gasteiger partial charge >= 0.3 is 5.97 Å². The summed E-state index contributed by atoms with van der Waals surface area (Å²) in [6, 6.07) is 6.39. The first-order valence-corrected chi connectivity index (χ1v) is 13.9. The number of hydrogen-bond acceptors (Lipinski definition) is 10. The van der Waals surface area contributed by atoms with Crippen molar-refractivity contribution >= 4 is 38.9 Å². The van der Waals surface area contributed by atoms with E-state index < -0.39 is 15.8 Å². The average molecular weight is 538 g/mol. The minimum atomic E-state index is -3.69. The molecule has 12 heteroatoms. The van der Waals surface area contributed by atoms with E-state index >= 15 is 0 Å². The minimum Gasteiger partial charge on any atom is -0.465 e. The monoisotopic (exact) mass is 537 g/mol. The number of carbonyl (C=O) groups excluding carboxylic acids is 1. The summed E-state index contributed by atoms with van der Waals surface area (Å²) in [5, 5.41) is 0.0947. The van der Waals surface area contributed by atoms with Gasteiger partial charge < -0.3 is 28.7 Å². The molecule has 2 aromatic rings. The first kappa shape index (κ1) is 25.1. The highest BCUT2D eigenvalue weighted by Crippen LogP contribution is 2.47. The minimum absolute atomic E-state index is 0.0106. The molecule has 2 fully saturated rings. The third kappa shape index (κ3) is 4.97. The molecule has 0 saturated carbocycles. The number of morpholine rings is 1. The van der Waals surface area contributed by atoms with Gasteiger partial charge in [-0.25, -0.2) is 13.2 Å². The van der Waals surface area contributed by atoms with Crippen molar-refractivity contribution in [2.24, 2.45) is 0 Å². The molecule has 0 radical (unpaired) electrons. The van der Waals surface area contributed by atoms with Crippen molar-refractivity contribution in [1.82, 2.24) is 4.98 Å². The van der Waals surface area contributed by atoms with Crippen LogP contribution >= 0.6 is 11.6 Å². The van der Waals surface area contributed by atoms with Gasteiger partial charge in [-0.3, -0.25) is 0 Å². The molecule has 0 amide bonds. The molecule has 10 nitrogen and oxygen atoms in total. The van der Waals surface area contributed by atoms with E-state index in [1.807, 2.05) is 9.80 Å². The molecule has 0 bridgehead atoms. The fourth-order valence-corrected chi connectivity index (χ4v) is 6.81. The van der Waals surface area contributed by atoms with Crippen LogP contribution in [0.1, 0.15) is 23.2 Å². The van der Waals surface area contributed by atoms with Crippen LogP contribution in [0.25, 0.3) is 0 Å². The van der Waals surface area contributed by atoms with E-state index in [0.29, 0.717) is 62.3 Å². The van der Waals surface area contributed by atoms with E-state index in [9.17, 15) is 13.2 Å². The van der Waals surface area contributed by atoms with Gasteiger partial charge in [0.05, 0.1) is 37.7 Å². The Bertz CT molecular complexity index is 1230. The van der Waals surface area contributed by atoms with Crippen molar-refractivity contribution in [2.75, 3.05) is 68.7 Å². The standard InChI is InChI=1S/C24H28ClN3O7S/c1-32-24(29)16-4-6-17(7-5-16)35-23-20-21(19(25)22(26-23)27-8-12-33-13-9-27)36(30,31)14-10-28(20)15-18-3-2-11-34-18/h4-7,18H,2-3,8-15H2,1H3. The van der Waals surface area contributed by atoms with E-state index in [4.69, 9.17) is 35.5 Å². The molecule has 3 aliphatic heterocycles. The van der Waals surface area contributed by atoms with Gasteiger partial charge in [0, 0.05) is 32.8 Å². The number of esters is 1. The maximum atomic E-state index is 13.3. The SMILES string of the molecule is COC(=O)c1ccc(Oc2nc(N3CCOCC3)c(Cl)c3c2N(CC2CCCO2)CCS3(=O)=O)cc1. The quantitative estimate of drug-likeness (QED) is 0.510. The van der Waals surface area contributed by atoms with Crippen molar-refractivity contribution in [2.45, 2.75) is 23.8 Å². The second-order valence-electron chi connectivity index (χ2n) is 8.85. The van der Waals surface area contributed by atoms with Gasteiger partial charge in [0.1, 0.15) is 21.4 Å². The van der Waals surface area contributed by atoms with E-state index in [1.165, 1.54) is 7.11 Å². The van der Waals surface area contributed by atoms with Crippen molar-refractivity contribution in [3.63, 3.8) is 0 Å². The van der Waals surface area contributed by atoms with Crippen molar-refractivity contribution in [1.29, 1.82) is 0 Å². The Morgan fingerprint density at radius 2 is 1.92 bits per heavy atom. The van der Waals surface area contributed by atoms with E-state index in [0.717, 1.165) is 12.8 Å². The number of ether oxygens (including phenoxy) is 4. The molecule has 1 atom stereocenters. The van der Waals surface area contributed by atoms with Crippen LogP contribution in [0.5, 0.6) is 11.6 Å². The number of hydrogen-bond donors (Lipinski definition) is 0. The zero-order chi connectivity index (χ0) is 25.3. The van der Waals surface area contributed by atoms with E-state index in [1.54, 1.807) is 24.3 Å². The molecular formula is C24H28ClN3O7S. The molecule has 3 aliphatic rings. The molecule has 2 saturated heterocycles. The summed E-state index contributed by atoms with van der Waals surface area (Å²) in [6.07, 6.45) is 1.86. The number of nitrogens with zero attached hydrogens (tertiary/aromatic N) is 3. The second-order valence-corrected chi connectivity index (χ2v) is 11.3. The highest BCUT2D eigenvalue weighted by molar-refractivity contribution is 7.91. The van der Waals surface area contributed by atoms with Crippen LogP contribution < -0.4 is 14.5 Å². The molecule has 194 valence electrons. The lowest BCUT2D eigenvalue weighted by atomic mass is 10.2. The summed E-state index contributed by atoms with van der Waals surface area (Å²) < 4.78 is 48.9. The lowest BCUT2D eigenvalue weighted by molar-refractivity contribution is 0.0600. The van der Waals surface area contributed by atoms with Crippen LogP contribution in [0.4, 0.5) is 11.5 Å². The first-order valence-electron chi connectivity index (χ1n) is 11.9. The molecule has 1 aromatic carbocycles. The van der Waals surface area contributed by atoms with Crippen LogP contribution in [0.15, 0.2) is 29.2 Å². The lowest BCUT2D eigenvalue weighted by Gasteiger charge is -2.36. The molecule has 5 rings (SSSR count). The van der Waals surface area contributed by atoms with Crippen molar-refractivity contribution < 1.29 is 32.2 Å². The van der Waals surface area contributed by atoms with Gasteiger partial charge in [-0.05, 0) is 37.1 Å². The van der Waals surface area contributed by atoms with Crippen LogP contribution in [0.3, 0.4) is 0 Å². The third-order valence-corrected chi connectivity index (χ3v) is 8.74. The van der Waals surface area contributed by atoms with Gasteiger partial charge in [-0.2, -0.15) is 4.98 Å². The zero-order valence-electron chi connectivity index (χ0n) is 19.9. The van der Waals surface area contributed by atoms with Gasteiger partial charge in [0.15, 0.2) is 15.7 Å². The molecule has 0 N–H and O–H groups in total. The van der Waals surface area contributed by atoms with Crippen LogP contribution in [-0.2, 0) is 24.0 Å². The predicted molar refractivity (Wildman–Crippen MR) is 133 cm³/mol. The third-order valence-electron chi connectivity index (χ3n) is 6.53. The molecule has 0 spiro atoms. The lowest BCUT2D eigenvalue weighted by Crippen LogP contribution is -2.41. The molecule has 36 heavy (non-hydrogen) atoms. The number of benzene rings is 1. The molecule has 0 aliphatic carbocycles. The summed E-state index contributed by atoms with van der Waals surface area (Å²) in [6.45, 7) is 3.50. The Morgan fingerprint density at radius 1 is 1.17 bits per heavy atom. The Balaban J connectivity index is 1.60. The summed E-state index contributed by atoms with van der Waals surface area (Å²) in [4.78, 5) is 20.5. The summed E-state index contributed by atoms with van der Waals surface area (Å²) in [7, 11) is -2.38. The number of anilines is 2. The van der Waals surface area contributed by atoms with Gasteiger partial charge in [0.2, 0.25) is 5.88 Å². The highest BCUT2D eigenvalue weighted by Gasteiger charge is 2.39. The largest absolute Gasteiger partial charge is 0.465 e. The number of pyridine rings is 1. The molecular weight excluding hydrogens is 510 g/mol. The van der Waals surface area contributed by atoms with E-state index in [-0.39, 0.29) is 34.2 Å². The second kappa shape index (κ2) is 10.4. The Kier molecular flexibility index (Phi) is 7.25. The summed E-state index contributed by atoms with van der Waals surface area (Å²) >= 11 is 6.78. The Labute approximate surface area is 214 Å². The topological polar surface area (TPSA) is 108 Å². The summed E-state index contributed by atoms with van der Waals surface area (Å²) in [5.74, 6) is 0.358. The number of rotatable bonds is 6. The Hall–Kier alpha value is -2.60. The van der Waals surface area contributed by atoms with Crippen LogP contribution in [0, 0.1) is 0 Å².